The summed E-state index contributed by atoms with van der Waals surface area (Å²) in [6, 6.07) is 10.4. The molecule has 2 atom stereocenters. The van der Waals surface area contributed by atoms with Crippen LogP contribution in [0.3, 0.4) is 0 Å². The number of hydrogen-bond acceptors (Lipinski definition) is 6. The van der Waals surface area contributed by atoms with Crippen molar-refractivity contribution in [3.8, 4) is 0 Å². The first-order valence-corrected chi connectivity index (χ1v) is 9.05. The number of rotatable bonds is 6. The van der Waals surface area contributed by atoms with Crippen LogP contribution in [0.25, 0.3) is 0 Å². The van der Waals surface area contributed by atoms with Crippen LogP contribution in [-0.2, 0) is 11.3 Å². The third-order valence-electron chi connectivity index (χ3n) is 4.22. The van der Waals surface area contributed by atoms with E-state index in [4.69, 9.17) is 4.74 Å². The predicted molar refractivity (Wildman–Crippen MR) is 92.9 cm³/mol. The molecule has 24 heavy (non-hydrogen) atoms. The SMILES string of the molecule is CC[C@H](NC(=O)c1csnn1)[C@@H]1CN(Cc2ccccc2)CCO1. The van der Waals surface area contributed by atoms with Gasteiger partial charge in [0.05, 0.1) is 18.8 Å². The molecule has 0 bridgehead atoms. The molecule has 0 saturated carbocycles. The Morgan fingerprint density at radius 2 is 2.29 bits per heavy atom. The first-order chi connectivity index (χ1) is 11.8. The lowest BCUT2D eigenvalue weighted by Crippen LogP contribution is -2.53. The third-order valence-corrected chi connectivity index (χ3v) is 4.73. The van der Waals surface area contributed by atoms with Gasteiger partial charge in [0.25, 0.3) is 5.91 Å². The summed E-state index contributed by atoms with van der Waals surface area (Å²) in [5.74, 6) is -0.181. The van der Waals surface area contributed by atoms with Gasteiger partial charge < -0.3 is 10.1 Å². The highest BCUT2D eigenvalue weighted by atomic mass is 32.1. The fourth-order valence-corrected chi connectivity index (χ4v) is 3.36. The summed E-state index contributed by atoms with van der Waals surface area (Å²) in [5, 5.41) is 8.52. The van der Waals surface area contributed by atoms with Crippen LogP contribution in [0.5, 0.6) is 0 Å². The van der Waals surface area contributed by atoms with Crippen molar-refractivity contribution in [1.82, 2.24) is 19.8 Å². The summed E-state index contributed by atoms with van der Waals surface area (Å²) in [5.41, 5.74) is 1.67. The van der Waals surface area contributed by atoms with E-state index in [1.807, 2.05) is 6.07 Å². The molecule has 1 aliphatic heterocycles. The summed E-state index contributed by atoms with van der Waals surface area (Å²) in [6.45, 7) is 5.36. The Balaban J connectivity index is 1.58. The summed E-state index contributed by atoms with van der Waals surface area (Å²) >= 11 is 1.18. The van der Waals surface area contributed by atoms with E-state index in [1.165, 1.54) is 17.1 Å². The molecule has 1 fully saturated rings. The number of nitrogens with one attached hydrogen (secondary N) is 1. The molecule has 1 N–H and O–H groups in total. The molecule has 6 nitrogen and oxygen atoms in total. The molecule has 2 aromatic rings. The van der Waals surface area contributed by atoms with Gasteiger partial charge in [0, 0.05) is 25.0 Å². The number of aromatic nitrogens is 2. The minimum absolute atomic E-state index is 0.0111. The molecule has 1 saturated heterocycles. The zero-order chi connectivity index (χ0) is 16.8. The van der Waals surface area contributed by atoms with E-state index >= 15 is 0 Å². The summed E-state index contributed by atoms with van der Waals surface area (Å²) in [4.78, 5) is 14.6. The molecule has 0 spiro atoms. The standard InChI is InChI=1S/C17H22N4O2S/c1-2-14(18-17(22)15-12-24-20-19-15)16-11-21(8-9-23-16)10-13-6-4-3-5-7-13/h3-7,12,14,16H,2,8-11H2,1H3,(H,18,22)/t14-,16-/m0/s1. The van der Waals surface area contributed by atoms with E-state index in [-0.39, 0.29) is 18.1 Å². The van der Waals surface area contributed by atoms with Crippen molar-refractivity contribution >= 4 is 17.4 Å². The molecular weight excluding hydrogens is 324 g/mol. The van der Waals surface area contributed by atoms with E-state index in [1.54, 1.807) is 5.38 Å². The molecular formula is C17H22N4O2S. The number of nitrogens with zero attached hydrogens (tertiary/aromatic N) is 3. The Morgan fingerprint density at radius 3 is 3.00 bits per heavy atom. The Kier molecular flexibility index (Phi) is 5.90. The third kappa shape index (κ3) is 4.37. The van der Waals surface area contributed by atoms with Gasteiger partial charge in [-0.15, -0.1) is 5.10 Å². The van der Waals surface area contributed by atoms with Gasteiger partial charge in [-0.05, 0) is 23.5 Å². The number of hydrogen-bond donors (Lipinski definition) is 1. The van der Waals surface area contributed by atoms with Crippen LogP contribution in [0.2, 0.25) is 0 Å². The molecule has 0 aliphatic carbocycles. The van der Waals surface area contributed by atoms with Crippen LogP contribution in [-0.4, -0.2) is 52.2 Å². The van der Waals surface area contributed by atoms with Gasteiger partial charge in [0.15, 0.2) is 5.69 Å². The maximum Gasteiger partial charge on any atom is 0.273 e. The lowest BCUT2D eigenvalue weighted by Gasteiger charge is -2.37. The van der Waals surface area contributed by atoms with Crippen molar-refractivity contribution in [1.29, 1.82) is 0 Å². The van der Waals surface area contributed by atoms with Gasteiger partial charge in [0.2, 0.25) is 0 Å². The largest absolute Gasteiger partial charge is 0.373 e. The Morgan fingerprint density at radius 1 is 1.46 bits per heavy atom. The molecule has 2 heterocycles. The Hall–Kier alpha value is -1.83. The van der Waals surface area contributed by atoms with E-state index in [0.29, 0.717) is 12.3 Å². The maximum atomic E-state index is 12.2. The van der Waals surface area contributed by atoms with Crippen LogP contribution in [0.15, 0.2) is 35.7 Å². The van der Waals surface area contributed by atoms with Crippen molar-refractivity contribution < 1.29 is 9.53 Å². The number of ether oxygens (including phenoxy) is 1. The number of amides is 1. The molecule has 7 heteroatoms. The molecule has 1 aliphatic rings. The van der Waals surface area contributed by atoms with Gasteiger partial charge in [0.1, 0.15) is 0 Å². The van der Waals surface area contributed by atoms with Gasteiger partial charge in [-0.3, -0.25) is 9.69 Å². The van der Waals surface area contributed by atoms with Gasteiger partial charge in [-0.1, -0.05) is 41.7 Å². The highest BCUT2D eigenvalue weighted by Crippen LogP contribution is 2.15. The highest BCUT2D eigenvalue weighted by Gasteiger charge is 2.29. The van der Waals surface area contributed by atoms with E-state index in [0.717, 1.165) is 26.1 Å². The van der Waals surface area contributed by atoms with Crippen molar-refractivity contribution in [2.45, 2.75) is 32.0 Å². The van der Waals surface area contributed by atoms with Crippen molar-refractivity contribution in [2.75, 3.05) is 19.7 Å². The monoisotopic (exact) mass is 346 g/mol. The topological polar surface area (TPSA) is 67.4 Å². The second kappa shape index (κ2) is 8.32. The second-order valence-electron chi connectivity index (χ2n) is 5.91. The lowest BCUT2D eigenvalue weighted by molar-refractivity contribution is -0.0483. The smallest absolute Gasteiger partial charge is 0.273 e. The summed E-state index contributed by atoms with van der Waals surface area (Å²) in [7, 11) is 0. The molecule has 1 aromatic carbocycles. The predicted octanol–water partition coefficient (Wildman–Crippen LogP) is 1.95. The van der Waals surface area contributed by atoms with Crippen LogP contribution < -0.4 is 5.32 Å². The van der Waals surface area contributed by atoms with Crippen LogP contribution >= 0.6 is 11.5 Å². The van der Waals surface area contributed by atoms with E-state index in [9.17, 15) is 4.79 Å². The fraction of sp³-hybridized carbons (Fsp3) is 0.471. The Bertz CT molecular complexity index is 635. The second-order valence-corrected chi connectivity index (χ2v) is 6.52. The summed E-state index contributed by atoms with van der Waals surface area (Å²) < 4.78 is 9.67. The van der Waals surface area contributed by atoms with Crippen molar-refractivity contribution in [2.24, 2.45) is 0 Å². The van der Waals surface area contributed by atoms with Gasteiger partial charge in [-0.2, -0.15) is 0 Å². The fourth-order valence-electron chi connectivity index (χ4n) is 2.92. The lowest BCUT2D eigenvalue weighted by atomic mass is 10.1. The molecule has 1 amide bonds. The van der Waals surface area contributed by atoms with Crippen LogP contribution in [0.4, 0.5) is 0 Å². The van der Waals surface area contributed by atoms with Crippen LogP contribution in [0.1, 0.15) is 29.4 Å². The number of benzene rings is 1. The maximum absolute atomic E-state index is 12.2. The average molecular weight is 346 g/mol. The minimum Gasteiger partial charge on any atom is -0.373 e. The summed E-state index contributed by atoms with van der Waals surface area (Å²) in [6.07, 6.45) is 0.802. The van der Waals surface area contributed by atoms with Crippen LogP contribution in [0, 0.1) is 0 Å². The molecule has 0 unspecified atom stereocenters. The average Bonchev–Trinajstić information content (AvgIpc) is 3.15. The van der Waals surface area contributed by atoms with Gasteiger partial charge in [-0.25, -0.2) is 0 Å². The molecule has 128 valence electrons. The number of carbonyl (C=O) groups excluding carboxylic acids is 1. The van der Waals surface area contributed by atoms with Gasteiger partial charge >= 0.3 is 0 Å². The van der Waals surface area contributed by atoms with E-state index < -0.39 is 0 Å². The molecule has 0 radical (unpaired) electrons. The zero-order valence-corrected chi connectivity index (χ0v) is 14.5. The van der Waals surface area contributed by atoms with Crippen molar-refractivity contribution in [3.05, 3.63) is 47.0 Å². The Labute approximate surface area is 146 Å². The van der Waals surface area contributed by atoms with Crippen molar-refractivity contribution in [3.63, 3.8) is 0 Å². The highest BCUT2D eigenvalue weighted by molar-refractivity contribution is 7.03. The van der Waals surface area contributed by atoms with E-state index in [2.05, 4.69) is 51.0 Å². The number of morpholine rings is 1. The number of carbonyl (C=O) groups is 1. The molecule has 3 rings (SSSR count). The first kappa shape index (κ1) is 17.0. The zero-order valence-electron chi connectivity index (χ0n) is 13.7. The first-order valence-electron chi connectivity index (χ1n) is 8.22. The minimum atomic E-state index is -0.181. The quantitative estimate of drug-likeness (QED) is 0.866. The normalized spacial score (nSPS) is 19.8. The molecule has 1 aromatic heterocycles.